The second-order valence-electron chi connectivity index (χ2n) is 4.45. The normalized spacial score (nSPS) is 10.9. The van der Waals surface area contributed by atoms with Gasteiger partial charge in [-0.1, -0.05) is 25.4 Å². The Labute approximate surface area is 118 Å². The predicted molar refractivity (Wildman–Crippen MR) is 76.9 cm³/mol. The summed E-state index contributed by atoms with van der Waals surface area (Å²) < 4.78 is 0. The van der Waals surface area contributed by atoms with Gasteiger partial charge in [0.2, 0.25) is 5.91 Å². The fourth-order valence-electron chi connectivity index (χ4n) is 1.90. The van der Waals surface area contributed by atoms with Crippen molar-refractivity contribution in [1.29, 1.82) is 5.26 Å². The number of hydrogen-bond donors (Lipinski definition) is 2. The maximum Gasteiger partial charge on any atom is 0.231 e. The van der Waals surface area contributed by atoms with E-state index >= 15 is 0 Å². The molecule has 1 aromatic carbocycles. The highest BCUT2D eigenvalue weighted by atomic mass is 35.5. The topological polar surface area (TPSA) is 78.9 Å². The predicted octanol–water partition coefficient (Wildman–Crippen LogP) is 2.92. The first-order valence-electron chi connectivity index (χ1n) is 6.24. The first kappa shape index (κ1) is 15.5. The summed E-state index contributed by atoms with van der Waals surface area (Å²) in [4.78, 5) is 12.3. The molecule has 5 heteroatoms. The molecule has 0 aliphatic heterocycles. The Morgan fingerprint density at radius 3 is 2.58 bits per heavy atom. The molecule has 0 saturated carbocycles. The van der Waals surface area contributed by atoms with Gasteiger partial charge in [-0.05, 0) is 31.0 Å². The minimum Gasteiger partial charge on any atom is -0.329 e. The maximum atomic E-state index is 12.3. The van der Waals surface area contributed by atoms with Crippen molar-refractivity contribution in [3.63, 3.8) is 0 Å². The summed E-state index contributed by atoms with van der Waals surface area (Å²) in [5, 5.41) is 12.1. The summed E-state index contributed by atoms with van der Waals surface area (Å²) in [5.74, 6) is -0.119. The van der Waals surface area contributed by atoms with E-state index in [0.29, 0.717) is 35.7 Å². The van der Waals surface area contributed by atoms with E-state index in [1.807, 2.05) is 19.9 Å². The molecule has 0 heterocycles. The summed E-state index contributed by atoms with van der Waals surface area (Å²) in [6.07, 6.45) is 1.34. The minimum absolute atomic E-state index is 0.119. The Hall–Kier alpha value is -1.57. The summed E-state index contributed by atoms with van der Waals surface area (Å²) in [7, 11) is 0. The summed E-state index contributed by atoms with van der Waals surface area (Å²) in [6.45, 7) is 4.18. The molecule has 0 fully saturated rings. The number of nitrogens with one attached hydrogen (secondary N) is 1. The number of nitriles is 1. The Kier molecular flexibility index (Phi) is 5.34. The first-order chi connectivity index (χ1) is 9.02. The quantitative estimate of drug-likeness (QED) is 0.870. The largest absolute Gasteiger partial charge is 0.329 e. The van der Waals surface area contributed by atoms with Gasteiger partial charge in [0.25, 0.3) is 0 Å². The van der Waals surface area contributed by atoms with Crippen molar-refractivity contribution in [2.24, 2.45) is 11.1 Å². The number of nitrogens with two attached hydrogens (primary N) is 1. The van der Waals surface area contributed by atoms with Crippen molar-refractivity contribution in [1.82, 2.24) is 0 Å². The fraction of sp³-hybridized carbons (Fsp3) is 0.429. The van der Waals surface area contributed by atoms with Crippen LogP contribution >= 0.6 is 11.6 Å². The van der Waals surface area contributed by atoms with Gasteiger partial charge in [0.15, 0.2) is 0 Å². The lowest BCUT2D eigenvalue weighted by Gasteiger charge is -2.28. The Morgan fingerprint density at radius 1 is 1.47 bits per heavy atom. The van der Waals surface area contributed by atoms with E-state index in [1.165, 1.54) is 0 Å². The second kappa shape index (κ2) is 6.55. The molecule has 0 bridgehead atoms. The van der Waals surface area contributed by atoms with Crippen LogP contribution in [0.15, 0.2) is 18.2 Å². The first-order valence-corrected chi connectivity index (χ1v) is 6.62. The van der Waals surface area contributed by atoms with Gasteiger partial charge in [-0.25, -0.2) is 0 Å². The minimum atomic E-state index is -0.563. The van der Waals surface area contributed by atoms with E-state index in [0.717, 1.165) is 0 Å². The Balaban J connectivity index is 2.97. The van der Waals surface area contributed by atoms with Crippen LogP contribution < -0.4 is 11.1 Å². The van der Waals surface area contributed by atoms with Crippen LogP contribution in [0, 0.1) is 16.7 Å². The number of carbonyl (C=O) groups excluding carboxylic acids is 1. The number of benzene rings is 1. The summed E-state index contributed by atoms with van der Waals surface area (Å²) in [6, 6.07) is 6.81. The van der Waals surface area contributed by atoms with Crippen LogP contribution in [0.25, 0.3) is 0 Å². The molecule has 0 saturated heterocycles. The van der Waals surface area contributed by atoms with Gasteiger partial charge in [0.05, 0.1) is 16.0 Å². The molecule has 0 spiro atoms. The van der Waals surface area contributed by atoms with E-state index in [-0.39, 0.29) is 5.91 Å². The molecule has 102 valence electrons. The standard InChI is InChI=1S/C14H18ClN3O/c1-3-14(4-2,9-17)13(19)18-11-5-6-12(15)10(7-11)8-16/h5-7H,3-4,9,17H2,1-2H3,(H,18,19). The molecule has 19 heavy (non-hydrogen) atoms. The lowest BCUT2D eigenvalue weighted by Crippen LogP contribution is -2.41. The second-order valence-corrected chi connectivity index (χ2v) is 4.86. The van der Waals surface area contributed by atoms with E-state index in [1.54, 1.807) is 18.2 Å². The highest BCUT2D eigenvalue weighted by molar-refractivity contribution is 6.31. The van der Waals surface area contributed by atoms with Gasteiger partial charge >= 0.3 is 0 Å². The van der Waals surface area contributed by atoms with E-state index < -0.39 is 5.41 Å². The smallest absolute Gasteiger partial charge is 0.231 e. The van der Waals surface area contributed by atoms with Crippen molar-refractivity contribution in [2.75, 3.05) is 11.9 Å². The van der Waals surface area contributed by atoms with Crippen LogP contribution in [-0.4, -0.2) is 12.5 Å². The maximum absolute atomic E-state index is 12.3. The molecule has 0 aromatic heterocycles. The number of amides is 1. The van der Waals surface area contributed by atoms with Crippen LogP contribution in [0.1, 0.15) is 32.3 Å². The molecule has 0 radical (unpaired) electrons. The Bertz CT molecular complexity index is 496. The SMILES string of the molecule is CCC(CC)(CN)C(=O)Nc1ccc(Cl)c(C#N)c1. The third-order valence-electron chi connectivity index (χ3n) is 3.57. The van der Waals surface area contributed by atoms with Crippen molar-refractivity contribution in [2.45, 2.75) is 26.7 Å². The zero-order chi connectivity index (χ0) is 14.5. The third-order valence-corrected chi connectivity index (χ3v) is 3.90. The van der Waals surface area contributed by atoms with Crippen LogP contribution in [0.5, 0.6) is 0 Å². The monoisotopic (exact) mass is 279 g/mol. The van der Waals surface area contributed by atoms with Crippen molar-refractivity contribution in [3.05, 3.63) is 28.8 Å². The lowest BCUT2D eigenvalue weighted by molar-refractivity contribution is -0.125. The van der Waals surface area contributed by atoms with Crippen LogP contribution in [0.4, 0.5) is 5.69 Å². The van der Waals surface area contributed by atoms with E-state index in [2.05, 4.69) is 5.32 Å². The highest BCUT2D eigenvalue weighted by Gasteiger charge is 2.33. The molecule has 0 unspecified atom stereocenters. The molecule has 1 amide bonds. The number of carbonyl (C=O) groups is 1. The molecule has 0 aliphatic carbocycles. The molecular formula is C14H18ClN3O. The molecule has 0 atom stereocenters. The van der Waals surface area contributed by atoms with Gasteiger partial charge in [-0.2, -0.15) is 5.26 Å². The molecule has 4 nitrogen and oxygen atoms in total. The van der Waals surface area contributed by atoms with Crippen LogP contribution in [-0.2, 0) is 4.79 Å². The van der Waals surface area contributed by atoms with Crippen molar-refractivity contribution >= 4 is 23.2 Å². The van der Waals surface area contributed by atoms with Crippen LogP contribution in [0.3, 0.4) is 0 Å². The van der Waals surface area contributed by atoms with Crippen LogP contribution in [0.2, 0.25) is 5.02 Å². The van der Waals surface area contributed by atoms with Crippen molar-refractivity contribution in [3.8, 4) is 6.07 Å². The molecule has 3 N–H and O–H groups in total. The molecule has 0 aliphatic rings. The molecule has 1 aromatic rings. The Morgan fingerprint density at radius 2 is 2.11 bits per heavy atom. The van der Waals surface area contributed by atoms with E-state index in [9.17, 15) is 4.79 Å². The average Bonchev–Trinajstić information content (AvgIpc) is 2.43. The third kappa shape index (κ3) is 3.25. The molecular weight excluding hydrogens is 262 g/mol. The lowest BCUT2D eigenvalue weighted by atomic mass is 9.81. The van der Waals surface area contributed by atoms with Gasteiger partial charge in [0, 0.05) is 12.2 Å². The van der Waals surface area contributed by atoms with Gasteiger partial charge in [0.1, 0.15) is 6.07 Å². The average molecular weight is 280 g/mol. The van der Waals surface area contributed by atoms with Gasteiger partial charge in [-0.15, -0.1) is 0 Å². The van der Waals surface area contributed by atoms with Gasteiger partial charge in [-0.3, -0.25) is 4.79 Å². The summed E-state index contributed by atoms with van der Waals surface area (Å²) >= 11 is 5.85. The number of hydrogen-bond acceptors (Lipinski definition) is 3. The number of anilines is 1. The van der Waals surface area contributed by atoms with Crippen molar-refractivity contribution < 1.29 is 4.79 Å². The summed E-state index contributed by atoms with van der Waals surface area (Å²) in [5.41, 5.74) is 6.07. The number of rotatable bonds is 5. The molecule has 1 rings (SSSR count). The zero-order valence-corrected chi connectivity index (χ0v) is 11.9. The number of nitrogens with zero attached hydrogens (tertiary/aromatic N) is 1. The number of halogens is 1. The fourth-order valence-corrected chi connectivity index (χ4v) is 2.06. The van der Waals surface area contributed by atoms with Gasteiger partial charge < -0.3 is 11.1 Å². The highest BCUT2D eigenvalue weighted by Crippen LogP contribution is 2.28. The zero-order valence-electron chi connectivity index (χ0n) is 11.2. The van der Waals surface area contributed by atoms with E-state index in [4.69, 9.17) is 22.6 Å².